The first-order chi connectivity index (χ1) is 21.4. The number of benzene rings is 1. The molecule has 1 aromatic carbocycles. The Kier molecular flexibility index (Phi) is 10.3. The van der Waals surface area contributed by atoms with Gasteiger partial charge in [0.15, 0.2) is 17.2 Å². The van der Waals surface area contributed by atoms with Gasteiger partial charge in [-0.2, -0.15) is 18.3 Å². The SMILES string of the molecule is CCc1cc(Nc2nccn3c(-c4cn(CC5CC5(F)F)nc4C(F)(F)F)cnc23)ccc1C(=O)NCCOCCN.O=CO. The summed E-state index contributed by atoms with van der Waals surface area (Å²) >= 11 is 0. The Morgan fingerprint density at radius 3 is 2.64 bits per heavy atom. The third kappa shape index (κ3) is 7.91. The Balaban J connectivity index is 0.00000148. The van der Waals surface area contributed by atoms with Gasteiger partial charge >= 0.3 is 6.18 Å². The molecule has 1 fully saturated rings. The van der Waals surface area contributed by atoms with Gasteiger partial charge in [-0.05, 0) is 30.2 Å². The van der Waals surface area contributed by atoms with Gasteiger partial charge in [-0.1, -0.05) is 6.92 Å². The number of hydrogen-bond acceptors (Lipinski definition) is 8. The number of rotatable bonds is 12. The second-order valence-corrected chi connectivity index (χ2v) is 10.00. The van der Waals surface area contributed by atoms with E-state index in [0.717, 1.165) is 16.4 Å². The second-order valence-electron chi connectivity index (χ2n) is 10.00. The van der Waals surface area contributed by atoms with Crippen LogP contribution in [0.5, 0.6) is 0 Å². The second kappa shape index (κ2) is 14.0. The number of carbonyl (C=O) groups excluding carboxylic acids is 1. The number of aromatic nitrogens is 5. The highest BCUT2D eigenvalue weighted by atomic mass is 19.4. The summed E-state index contributed by atoms with van der Waals surface area (Å²) in [4.78, 5) is 29.6. The van der Waals surface area contributed by atoms with E-state index in [2.05, 4.69) is 25.7 Å². The molecule has 3 aromatic heterocycles. The van der Waals surface area contributed by atoms with Gasteiger partial charge in [0.1, 0.15) is 0 Å². The van der Waals surface area contributed by atoms with Crippen LogP contribution in [0.2, 0.25) is 0 Å². The van der Waals surface area contributed by atoms with Crippen LogP contribution in [0.3, 0.4) is 0 Å². The molecular formula is C28H31F5N8O4. The summed E-state index contributed by atoms with van der Waals surface area (Å²) in [6.07, 6.45) is 0.602. The summed E-state index contributed by atoms with van der Waals surface area (Å²) in [6.45, 7) is 2.81. The molecular weight excluding hydrogens is 607 g/mol. The number of fused-ring (bicyclic) bond motifs is 1. The zero-order valence-corrected chi connectivity index (χ0v) is 24.0. The maximum absolute atomic E-state index is 13.9. The first kappa shape index (κ1) is 33.3. The number of nitrogens with one attached hydrogen (secondary N) is 2. The topological polar surface area (TPSA) is 162 Å². The highest BCUT2D eigenvalue weighted by molar-refractivity contribution is 5.96. The van der Waals surface area contributed by atoms with E-state index >= 15 is 0 Å². The minimum absolute atomic E-state index is 0.0771. The molecule has 1 unspecified atom stereocenters. The number of nitrogens with two attached hydrogens (primary N) is 1. The van der Waals surface area contributed by atoms with Crippen molar-refractivity contribution < 1.29 is 41.4 Å². The molecule has 17 heteroatoms. The van der Waals surface area contributed by atoms with E-state index < -0.39 is 23.7 Å². The lowest BCUT2D eigenvalue weighted by Crippen LogP contribution is -2.28. The fourth-order valence-electron chi connectivity index (χ4n) is 4.65. The van der Waals surface area contributed by atoms with Crippen LogP contribution < -0.4 is 16.4 Å². The Bertz CT molecular complexity index is 1640. The first-order valence-electron chi connectivity index (χ1n) is 13.8. The minimum Gasteiger partial charge on any atom is -0.483 e. The van der Waals surface area contributed by atoms with Gasteiger partial charge in [-0.25, -0.2) is 18.7 Å². The number of nitrogens with zero attached hydrogens (tertiary/aromatic N) is 5. The molecule has 0 bridgehead atoms. The van der Waals surface area contributed by atoms with E-state index in [4.69, 9.17) is 20.4 Å². The maximum atomic E-state index is 13.9. The zero-order chi connectivity index (χ0) is 32.8. The fraction of sp³-hybridized carbons (Fsp3) is 0.393. The van der Waals surface area contributed by atoms with E-state index in [0.29, 0.717) is 44.0 Å². The number of halogens is 5. The van der Waals surface area contributed by atoms with Crippen LogP contribution >= 0.6 is 0 Å². The molecule has 0 aliphatic heterocycles. The third-order valence-corrected chi connectivity index (χ3v) is 6.88. The van der Waals surface area contributed by atoms with Crippen LogP contribution in [-0.2, 0) is 28.7 Å². The molecule has 0 saturated heterocycles. The van der Waals surface area contributed by atoms with Crippen LogP contribution in [-0.4, -0.2) is 73.9 Å². The zero-order valence-electron chi connectivity index (χ0n) is 24.0. The summed E-state index contributed by atoms with van der Waals surface area (Å²) < 4.78 is 76.1. The monoisotopic (exact) mass is 638 g/mol. The molecule has 242 valence electrons. The summed E-state index contributed by atoms with van der Waals surface area (Å²) in [5.74, 6) is -3.92. The van der Waals surface area contributed by atoms with Gasteiger partial charge in [0.25, 0.3) is 18.3 Å². The van der Waals surface area contributed by atoms with Crippen molar-refractivity contribution in [3.8, 4) is 11.3 Å². The number of carbonyl (C=O) groups is 2. The molecule has 1 aliphatic carbocycles. The van der Waals surface area contributed by atoms with E-state index in [9.17, 15) is 26.7 Å². The normalized spacial score (nSPS) is 15.3. The molecule has 45 heavy (non-hydrogen) atoms. The van der Waals surface area contributed by atoms with Crippen LogP contribution in [0.15, 0.2) is 43.0 Å². The van der Waals surface area contributed by atoms with Crippen molar-refractivity contribution in [3.05, 3.63) is 59.8 Å². The van der Waals surface area contributed by atoms with Gasteiger partial charge in [0.05, 0.1) is 30.7 Å². The molecule has 0 radical (unpaired) electrons. The number of amides is 1. The number of hydrogen-bond donors (Lipinski definition) is 4. The summed E-state index contributed by atoms with van der Waals surface area (Å²) in [7, 11) is 0. The number of anilines is 2. The van der Waals surface area contributed by atoms with E-state index in [-0.39, 0.29) is 48.1 Å². The number of aryl methyl sites for hydroxylation is 1. The van der Waals surface area contributed by atoms with Gasteiger partial charge in [0, 0.05) is 61.8 Å². The lowest BCUT2D eigenvalue weighted by Gasteiger charge is -2.13. The van der Waals surface area contributed by atoms with Crippen molar-refractivity contribution in [1.29, 1.82) is 0 Å². The van der Waals surface area contributed by atoms with Crippen LogP contribution in [0.1, 0.15) is 35.0 Å². The Morgan fingerprint density at radius 1 is 1.27 bits per heavy atom. The number of ether oxygens (including phenoxy) is 1. The molecule has 1 amide bonds. The largest absolute Gasteiger partial charge is 0.483 e. The summed E-state index contributed by atoms with van der Waals surface area (Å²) in [5, 5.41) is 16.4. The van der Waals surface area contributed by atoms with Gasteiger partial charge in [-0.15, -0.1) is 0 Å². The molecule has 12 nitrogen and oxygen atoms in total. The standard InChI is InChI=1S/C27H29F5N8O2.CH2O2/c1-2-16-11-18(3-4-19(16)25(41)35-7-10-42-9-5-33)37-23-24-36-13-21(40(24)8-6-34-23)20-15-39(14-17-12-26(17,28)29)38-22(20)27(30,31)32;2-1-3/h3-4,6,8,11,13,15,17H,2,5,7,9-10,12,14,33H2,1H3,(H,34,37)(H,35,41);1H,(H,2,3). The summed E-state index contributed by atoms with van der Waals surface area (Å²) in [6, 6.07) is 5.14. The highest BCUT2D eigenvalue weighted by Gasteiger charge is 2.57. The molecule has 1 atom stereocenters. The van der Waals surface area contributed by atoms with Crippen molar-refractivity contribution in [1.82, 2.24) is 29.5 Å². The van der Waals surface area contributed by atoms with Crippen molar-refractivity contribution in [2.45, 2.75) is 38.4 Å². The molecule has 0 spiro atoms. The van der Waals surface area contributed by atoms with Gasteiger partial charge < -0.3 is 26.2 Å². The first-order valence-corrected chi connectivity index (χ1v) is 13.8. The summed E-state index contributed by atoms with van der Waals surface area (Å²) in [5.41, 5.74) is 6.07. The lowest BCUT2D eigenvalue weighted by molar-refractivity contribution is -0.141. The number of alkyl halides is 5. The predicted octanol–water partition coefficient (Wildman–Crippen LogP) is 3.98. The Labute approximate surface area is 253 Å². The van der Waals surface area contributed by atoms with Crippen molar-refractivity contribution in [2.75, 3.05) is 31.6 Å². The molecule has 1 saturated carbocycles. The fourth-order valence-corrected chi connectivity index (χ4v) is 4.65. The van der Waals surface area contributed by atoms with E-state index in [1.807, 2.05) is 6.92 Å². The molecule has 5 N–H and O–H groups in total. The van der Waals surface area contributed by atoms with Gasteiger partial charge in [-0.3, -0.25) is 18.7 Å². The van der Waals surface area contributed by atoms with Crippen LogP contribution in [0.4, 0.5) is 33.5 Å². The third-order valence-electron chi connectivity index (χ3n) is 6.88. The molecule has 4 aromatic rings. The maximum Gasteiger partial charge on any atom is 0.435 e. The average Bonchev–Trinajstić information content (AvgIpc) is 3.32. The van der Waals surface area contributed by atoms with Crippen molar-refractivity contribution in [3.63, 3.8) is 0 Å². The van der Waals surface area contributed by atoms with E-state index in [1.54, 1.807) is 18.2 Å². The smallest absolute Gasteiger partial charge is 0.435 e. The molecule has 3 heterocycles. The van der Waals surface area contributed by atoms with E-state index in [1.165, 1.54) is 23.0 Å². The lowest BCUT2D eigenvalue weighted by atomic mass is 10.0. The van der Waals surface area contributed by atoms with Crippen LogP contribution in [0.25, 0.3) is 16.9 Å². The quantitative estimate of drug-likeness (QED) is 0.102. The average molecular weight is 639 g/mol. The van der Waals surface area contributed by atoms with Gasteiger partial charge in [0.2, 0.25) is 0 Å². The minimum atomic E-state index is -4.81. The Morgan fingerprint density at radius 2 is 2.00 bits per heavy atom. The van der Waals surface area contributed by atoms with Crippen molar-refractivity contribution in [2.24, 2.45) is 11.7 Å². The van der Waals surface area contributed by atoms with Crippen LogP contribution in [0, 0.1) is 5.92 Å². The number of carboxylic acid groups (broad SMARTS) is 1. The highest BCUT2D eigenvalue weighted by Crippen LogP contribution is 2.49. The number of imidazole rings is 1. The predicted molar refractivity (Wildman–Crippen MR) is 152 cm³/mol. The molecule has 5 rings (SSSR count). The van der Waals surface area contributed by atoms with Crippen molar-refractivity contribution >= 4 is 29.5 Å². The Hall–Kier alpha value is -4.64. The molecule has 1 aliphatic rings.